The van der Waals surface area contributed by atoms with E-state index in [9.17, 15) is 53.0 Å². The standard InChI is InChI=1S/C64H79FN12O10/c1-4-68-62(86)55-19-11-31-77(55)63(87)49(18-10-30-69-64(66)67)72-57(81)50(32-38(2)3)73-60(84)53(35-43-36-70-48-17-8-7-16-47(43)48)75-58(82)51(33-40-22-27-45(79)28-23-40)74-61(85)54(37-78)76-59(83)52(34-42-14-9-13-41-12-5-6-15-46(41)42)71-56(80)29-24-39-20-25-44(65)26-21-39/h5-9,12-17,20-23,25-28,36,38,49-55,70,78-79H,4,10-11,18-19,24,29-35,37H2,1-3H3,(H,68,86)(H,71,80)(H,72,81)(H,73,84)(H,74,85)(H,75,82)(H,76,83)(H4,66,67,69)/t49-,50-,51-,52+,53+,54-,55-/m0/s1. The molecule has 1 aliphatic heterocycles. The SMILES string of the molecule is CCNC(=O)[C@@H]1CCCN1C(=O)[C@H](CCCN=C(N)N)NC(=O)[C@H](CC(C)C)NC(=O)[C@@H](Cc1c[nH]c2ccccc12)NC(=O)[C@H](Cc1ccc(O)cc1)NC(=O)[C@H](CO)NC(=O)[C@@H](Cc1cccc2ccccc12)NC(=O)CCc1ccc(F)cc1. The summed E-state index contributed by atoms with van der Waals surface area (Å²) in [6.07, 6.45) is 2.88. The van der Waals surface area contributed by atoms with Gasteiger partial charge in [0, 0.05) is 62.4 Å². The number of aliphatic imine (C=N–C) groups is 1. The largest absolute Gasteiger partial charge is 0.508 e. The number of benzene rings is 5. The van der Waals surface area contributed by atoms with Crippen LogP contribution in [0.5, 0.6) is 5.75 Å². The van der Waals surface area contributed by atoms with Gasteiger partial charge in [-0.1, -0.05) is 98.8 Å². The third-order valence-corrected chi connectivity index (χ3v) is 15.2. The molecular weight excluding hydrogens is 1120 g/mol. The molecule has 5 aromatic carbocycles. The van der Waals surface area contributed by atoms with Crippen molar-refractivity contribution in [1.29, 1.82) is 0 Å². The van der Waals surface area contributed by atoms with Crippen molar-refractivity contribution < 1.29 is 53.0 Å². The molecule has 1 aliphatic rings. The fraction of sp³-hybridized carbons (Fsp3) is 0.391. The number of likely N-dealkylation sites (tertiary alicyclic amines) is 1. The molecule has 0 radical (unpaired) electrons. The molecule has 2 heterocycles. The summed E-state index contributed by atoms with van der Waals surface area (Å²) in [5, 5.41) is 42.7. The number of carbonyl (C=O) groups is 8. The van der Waals surface area contributed by atoms with Crippen LogP contribution >= 0.6 is 0 Å². The number of aryl methyl sites for hydroxylation is 1. The molecule has 7 atom stereocenters. The number of para-hydroxylation sites is 1. The number of fused-ring (bicyclic) bond motifs is 2. The lowest BCUT2D eigenvalue weighted by atomic mass is 9.98. The van der Waals surface area contributed by atoms with Gasteiger partial charge in [0.15, 0.2) is 5.96 Å². The molecule has 0 aliphatic carbocycles. The molecule has 0 unspecified atom stereocenters. The van der Waals surface area contributed by atoms with Crippen LogP contribution < -0.4 is 48.7 Å². The molecule has 22 nitrogen and oxygen atoms in total. The first kappa shape index (κ1) is 65.2. The van der Waals surface area contributed by atoms with Gasteiger partial charge in [0.1, 0.15) is 53.9 Å². The Hall–Kier alpha value is -9.38. The minimum atomic E-state index is -1.69. The van der Waals surface area contributed by atoms with E-state index in [0.717, 1.165) is 21.7 Å². The minimum Gasteiger partial charge on any atom is -0.508 e. The molecule has 6 aromatic rings. The number of hydrogen-bond donors (Lipinski definition) is 12. The third-order valence-electron chi connectivity index (χ3n) is 15.2. The molecule has 1 saturated heterocycles. The van der Waals surface area contributed by atoms with Crippen LogP contribution in [-0.2, 0) is 64.0 Å². The number of likely N-dealkylation sites (N-methyl/N-ethyl adjacent to an activating group) is 1. The number of guanidine groups is 1. The molecule has 7 rings (SSSR count). The summed E-state index contributed by atoms with van der Waals surface area (Å²) in [7, 11) is 0. The Labute approximate surface area is 504 Å². The van der Waals surface area contributed by atoms with Gasteiger partial charge in [-0.3, -0.25) is 43.3 Å². The van der Waals surface area contributed by atoms with E-state index in [1.54, 1.807) is 25.3 Å². The van der Waals surface area contributed by atoms with Gasteiger partial charge in [-0.15, -0.1) is 0 Å². The topological polar surface area (TPSA) is 345 Å². The summed E-state index contributed by atoms with van der Waals surface area (Å²) < 4.78 is 13.7. The van der Waals surface area contributed by atoms with Crippen molar-refractivity contribution in [3.63, 3.8) is 0 Å². The Morgan fingerprint density at radius 2 is 1.24 bits per heavy atom. The highest BCUT2D eigenvalue weighted by atomic mass is 19.1. The second-order valence-corrected chi connectivity index (χ2v) is 22.2. The van der Waals surface area contributed by atoms with E-state index < -0.39 is 96.1 Å². The molecule has 8 amide bonds. The lowest BCUT2D eigenvalue weighted by Gasteiger charge is -2.30. The number of aromatic amines is 1. The van der Waals surface area contributed by atoms with Gasteiger partial charge in [-0.25, -0.2) is 4.39 Å². The fourth-order valence-corrected chi connectivity index (χ4v) is 10.7. The maximum Gasteiger partial charge on any atom is 0.245 e. The molecule has 0 saturated carbocycles. The van der Waals surface area contributed by atoms with Gasteiger partial charge in [-0.05, 0) is 115 Å². The monoisotopic (exact) mass is 1190 g/mol. The fourth-order valence-electron chi connectivity index (χ4n) is 10.7. The van der Waals surface area contributed by atoms with E-state index in [1.807, 2.05) is 80.6 Å². The zero-order valence-corrected chi connectivity index (χ0v) is 49.2. The zero-order chi connectivity index (χ0) is 62.6. The summed E-state index contributed by atoms with van der Waals surface area (Å²) >= 11 is 0. The quantitative estimate of drug-likeness (QED) is 0.0176. The van der Waals surface area contributed by atoms with Crippen molar-refractivity contribution in [2.24, 2.45) is 22.4 Å². The number of nitrogens with two attached hydrogens (primary N) is 2. The molecule has 462 valence electrons. The molecule has 23 heteroatoms. The van der Waals surface area contributed by atoms with Crippen LogP contribution in [0.25, 0.3) is 21.7 Å². The Morgan fingerprint density at radius 1 is 0.667 bits per heavy atom. The van der Waals surface area contributed by atoms with Gasteiger partial charge in [0.2, 0.25) is 47.3 Å². The predicted molar refractivity (Wildman–Crippen MR) is 328 cm³/mol. The summed E-state index contributed by atoms with van der Waals surface area (Å²) in [5.74, 6) is -6.41. The number of aliphatic hydroxyl groups excluding tert-OH is 1. The number of aromatic hydroxyl groups is 1. The van der Waals surface area contributed by atoms with Gasteiger partial charge in [0.25, 0.3) is 0 Å². The van der Waals surface area contributed by atoms with Crippen molar-refractivity contribution >= 4 is 74.9 Å². The Kier molecular flexibility index (Phi) is 23.7. The number of carbonyl (C=O) groups excluding carboxylic acids is 8. The molecule has 1 aromatic heterocycles. The highest BCUT2D eigenvalue weighted by molar-refractivity contribution is 5.99. The first-order chi connectivity index (χ1) is 41.8. The molecular formula is C64H79FN12O10. The highest BCUT2D eigenvalue weighted by Gasteiger charge is 2.39. The van der Waals surface area contributed by atoms with E-state index in [4.69, 9.17) is 11.5 Å². The molecule has 0 spiro atoms. The first-order valence-electron chi connectivity index (χ1n) is 29.4. The van der Waals surface area contributed by atoms with Crippen molar-refractivity contribution in [3.8, 4) is 5.75 Å². The van der Waals surface area contributed by atoms with Gasteiger partial charge < -0.3 is 68.8 Å². The highest BCUT2D eigenvalue weighted by Crippen LogP contribution is 2.24. The zero-order valence-electron chi connectivity index (χ0n) is 49.2. The summed E-state index contributed by atoms with van der Waals surface area (Å²) in [5.41, 5.74) is 14.3. The number of phenols is 1. The average Bonchev–Trinajstić information content (AvgIpc) is 2.53. The number of rotatable bonds is 30. The van der Waals surface area contributed by atoms with Crippen LogP contribution in [0.3, 0.4) is 0 Å². The van der Waals surface area contributed by atoms with Crippen LogP contribution in [0.2, 0.25) is 0 Å². The first-order valence-corrected chi connectivity index (χ1v) is 29.4. The Bertz CT molecular complexity index is 3380. The van der Waals surface area contributed by atoms with Gasteiger partial charge in [0.05, 0.1) is 6.61 Å². The van der Waals surface area contributed by atoms with Crippen LogP contribution in [0.15, 0.2) is 126 Å². The van der Waals surface area contributed by atoms with Crippen LogP contribution in [0.1, 0.15) is 81.5 Å². The Morgan fingerprint density at radius 3 is 1.92 bits per heavy atom. The van der Waals surface area contributed by atoms with E-state index in [0.29, 0.717) is 41.6 Å². The Balaban J connectivity index is 1.14. The molecule has 0 bridgehead atoms. The van der Waals surface area contributed by atoms with E-state index in [1.165, 1.54) is 41.3 Å². The van der Waals surface area contributed by atoms with Crippen molar-refractivity contribution in [1.82, 2.24) is 47.1 Å². The normalized spacial score (nSPS) is 15.1. The smallest absolute Gasteiger partial charge is 0.245 e. The maximum absolute atomic E-state index is 15.0. The predicted octanol–water partition coefficient (Wildman–Crippen LogP) is 2.95. The molecule has 14 N–H and O–H groups in total. The molecule has 1 fully saturated rings. The van der Waals surface area contributed by atoms with Gasteiger partial charge >= 0.3 is 0 Å². The van der Waals surface area contributed by atoms with Crippen molar-refractivity contribution in [2.45, 2.75) is 127 Å². The summed E-state index contributed by atoms with van der Waals surface area (Å²) in [6.45, 7) is 5.28. The molecule has 87 heavy (non-hydrogen) atoms. The van der Waals surface area contributed by atoms with Gasteiger partial charge in [-0.2, -0.15) is 0 Å². The lowest BCUT2D eigenvalue weighted by molar-refractivity contribution is -0.142. The number of phenolic OH excluding ortho intramolecular Hbond substituents is 1. The minimum absolute atomic E-state index is 0.0294. The van der Waals surface area contributed by atoms with Crippen LogP contribution in [0, 0.1) is 11.7 Å². The van der Waals surface area contributed by atoms with Crippen LogP contribution in [0.4, 0.5) is 4.39 Å². The number of aliphatic hydroxyl groups is 1. The summed E-state index contributed by atoms with van der Waals surface area (Å²) in [4.78, 5) is 123. The summed E-state index contributed by atoms with van der Waals surface area (Å²) in [6, 6.07) is 22.7. The number of aromatic nitrogens is 1. The lowest BCUT2D eigenvalue weighted by Crippen LogP contribution is -2.61. The van der Waals surface area contributed by atoms with E-state index in [-0.39, 0.29) is 88.0 Å². The number of nitrogens with one attached hydrogen (secondary N) is 8. The number of H-pyrrole nitrogens is 1. The van der Waals surface area contributed by atoms with Crippen LogP contribution in [-0.4, -0.2) is 142 Å². The number of amides is 8. The maximum atomic E-state index is 15.0. The third kappa shape index (κ3) is 18.8. The number of nitrogens with zero attached hydrogens (tertiary/aromatic N) is 2. The van der Waals surface area contributed by atoms with Crippen molar-refractivity contribution in [2.75, 3.05) is 26.2 Å². The number of halogens is 1. The second kappa shape index (κ2) is 31.7. The van der Waals surface area contributed by atoms with Crippen molar-refractivity contribution in [3.05, 3.63) is 150 Å². The van der Waals surface area contributed by atoms with E-state index in [2.05, 4.69) is 47.2 Å². The average molecular weight is 1200 g/mol. The van der Waals surface area contributed by atoms with E-state index >= 15 is 0 Å². The number of hydrogen-bond acceptors (Lipinski definition) is 11. The second-order valence-electron chi connectivity index (χ2n) is 22.2.